The van der Waals surface area contributed by atoms with Gasteiger partial charge in [0.25, 0.3) is 10.0 Å². The summed E-state index contributed by atoms with van der Waals surface area (Å²) in [6.45, 7) is 2.00. The normalized spacial score (nSPS) is 11.4. The Morgan fingerprint density at radius 2 is 1.93 bits per heavy atom. The van der Waals surface area contributed by atoms with Crippen molar-refractivity contribution in [1.82, 2.24) is 15.2 Å². The number of rotatable bonds is 6. The largest absolute Gasteiger partial charge is 0.295 e. The van der Waals surface area contributed by atoms with Crippen molar-refractivity contribution in [2.24, 2.45) is 0 Å². The van der Waals surface area contributed by atoms with Crippen molar-refractivity contribution in [2.75, 3.05) is 9.62 Å². The van der Waals surface area contributed by atoms with Gasteiger partial charge in [-0.15, -0.1) is 11.3 Å². The number of hydrogen-bond donors (Lipinski definition) is 2. The van der Waals surface area contributed by atoms with Gasteiger partial charge in [-0.1, -0.05) is 23.7 Å². The smallest absolute Gasteiger partial charge is 0.265 e. The maximum atomic E-state index is 12.7. The summed E-state index contributed by atoms with van der Waals surface area (Å²) in [5.41, 5.74) is 2.67. The number of aromatic amines is 1. The summed E-state index contributed by atoms with van der Waals surface area (Å²) in [4.78, 5) is 5.84. The highest BCUT2D eigenvalue weighted by atomic mass is 35.5. The van der Waals surface area contributed by atoms with Crippen molar-refractivity contribution in [2.45, 2.75) is 11.8 Å². The van der Waals surface area contributed by atoms with Crippen LogP contribution in [0.3, 0.4) is 0 Å². The lowest BCUT2D eigenvalue weighted by Crippen LogP contribution is -2.14. The zero-order valence-electron chi connectivity index (χ0n) is 15.2. The van der Waals surface area contributed by atoms with E-state index in [1.165, 1.54) is 23.6 Å². The highest BCUT2D eigenvalue weighted by molar-refractivity contribution is 7.93. The van der Waals surface area contributed by atoms with E-state index in [4.69, 9.17) is 11.6 Å². The number of nitrogens with one attached hydrogen (secondary N) is 2. The van der Waals surface area contributed by atoms with Crippen molar-refractivity contribution in [3.63, 3.8) is 0 Å². The van der Waals surface area contributed by atoms with Crippen LogP contribution in [-0.2, 0) is 10.0 Å². The van der Waals surface area contributed by atoms with Crippen LogP contribution in [0.1, 0.15) is 5.56 Å². The molecule has 0 unspecified atom stereocenters. The third-order valence-electron chi connectivity index (χ3n) is 4.10. The van der Waals surface area contributed by atoms with Gasteiger partial charge in [0.1, 0.15) is 10.7 Å². The molecule has 0 saturated heterocycles. The number of thiazole rings is 1. The molecule has 0 amide bonds. The van der Waals surface area contributed by atoms with Crippen molar-refractivity contribution in [3.8, 4) is 0 Å². The SMILES string of the molecule is Cc1cccc(N(c2ccc(S(=O)(=O)Nc3nccs3)c(Cl)c2)c2ccn[nH]2)c1. The molecule has 29 heavy (non-hydrogen) atoms. The second-order valence-corrected chi connectivity index (χ2v) is 9.13. The Morgan fingerprint density at radius 1 is 1.10 bits per heavy atom. The molecule has 2 N–H and O–H groups in total. The van der Waals surface area contributed by atoms with Gasteiger partial charge in [-0.2, -0.15) is 5.10 Å². The lowest BCUT2D eigenvalue weighted by molar-refractivity contribution is 0.601. The fraction of sp³-hybridized carbons (Fsp3) is 0.0526. The molecule has 0 aliphatic carbocycles. The Balaban J connectivity index is 1.75. The Labute approximate surface area is 177 Å². The van der Waals surface area contributed by atoms with Crippen LogP contribution in [0.2, 0.25) is 5.02 Å². The number of anilines is 4. The lowest BCUT2D eigenvalue weighted by Gasteiger charge is -2.24. The van der Waals surface area contributed by atoms with Gasteiger partial charge in [0.05, 0.1) is 11.2 Å². The third kappa shape index (κ3) is 4.12. The molecular formula is C19H16ClN5O2S2. The zero-order chi connectivity index (χ0) is 20.4. The van der Waals surface area contributed by atoms with E-state index in [0.717, 1.165) is 17.1 Å². The van der Waals surface area contributed by atoms with E-state index in [1.54, 1.807) is 23.7 Å². The molecular weight excluding hydrogens is 430 g/mol. The molecule has 148 valence electrons. The first kappa shape index (κ1) is 19.4. The van der Waals surface area contributed by atoms with Crippen LogP contribution in [-0.4, -0.2) is 23.6 Å². The van der Waals surface area contributed by atoms with Crippen molar-refractivity contribution >= 4 is 55.3 Å². The molecule has 0 fully saturated rings. The molecule has 10 heteroatoms. The summed E-state index contributed by atoms with van der Waals surface area (Å²) in [5, 5.41) is 9.04. The molecule has 4 aromatic rings. The maximum Gasteiger partial charge on any atom is 0.265 e. The van der Waals surface area contributed by atoms with Gasteiger partial charge in [-0.05, 0) is 42.8 Å². The van der Waals surface area contributed by atoms with E-state index in [-0.39, 0.29) is 15.0 Å². The van der Waals surface area contributed by atoms with E-state index in [2.05, 4.69) is 19.9 Å². The number of aryl methyl sites for hydroxylation is 1. The van der Waals surface area contributed by atoms with E-state index in [1.807, 2.05) is 42.2 Å². The average Bonchev–Trinajstić information content (AvgIpc) is 3.36. The van der Waals surface area contributed by atoms with Crippen LogP contribution in [0.25, 0.3) is 0 Å². The molecule has 0 spiro atoms. The van der Waals surface area contributed by atoms with Gasteiger partial charge in [-0.3, -0.25) is 14.7 Å². The fourth-order valence-corrected chi connectivity index (χ4v) is 5.19. The van der Waals surface area contributed by atoms with E-state index < -0.39 is 10.0 Å². The van der Waals surface area contributed by atoms with Crippen molar-refractivity contribution in [3.05, 3.63) is 76.9 Å². The number of benzene rings is 2. The first-order valence-corrected chi connectivity index (χ1v) is 11.3. The highest BCUT2D eigenvalue weighted by Crippen LogP contribution is 2.36. The molecule has 0 aliphatic rings. The van der Waals surface area contributed by atoms with Gasteiger partial charge >= 0.3 is 0 Å². The number of hydrogen-bond acceptors (Lipinski definition) is 6. The average molecular weight is 446 g/mol. The Kier molecular flexibility index (Phi) is 5.27. The molecule has 2 heterocycles. The molecule has 0 bridgehead atoms. The van der Waals surface area contributed by atoms with Crippen LogP contribution >= 0.6 is 22.9 Å². The van der Waals surface area contributed by atoms with Crippen LogP contribution in [0.15, 0.2) is 71.2 Å². The van der Waals surface area contributed by atoms with Gasteiger partial charge in [-0.25, -0.2) is 13.4 Å². The van der Waals surface area contributed by atoms with Crippen LogP contribution in [0, 0.1) is 6.92 Å². The van der Waals surface area contributed by atoms with E-state index in [0.29, 0.717) is 5.69 Å². The van der Waals surface area contributed by atoms with Crippen molar-refractivity contribution in [1.29, 1.82) is 0 Å². The van der Waals surface area contributed by atoms with Crippen LogP contribution < -0.4 is 9.62 Å². The Hall–Kier alpha value is -2.88. The summed E-state index contributed by atoms with van der Waals surface area (Å²) in [5.74, 6) is 0.725. The van der Waals surface area contributed by atoms with Crippen molar-refractivity contribution < 1.29 is 8.42 Å². The molecule has 7 nitrogen and oxygen atoms in total. The summed E-state index contributed by atoms with van der Waals surface area (Å²) < 4.78 is 27.8. The first-order valence-electron chi connectivity index (χ1n) is 8.52. The molecule has 0 aliphatic heterocycles. The summed E-state index contributed by atoms with van der Waals surface area (Å²) in [6, 6.07) is 14.5. The van der Waals surface area contributed by atoms with Gasteiger partial charge in [0.15, 0.2) is 5.13 Å². The predicted octanol–water partition coefficient (Wildman–Crippen LogP) is 5.10. The maximum absolute atomic E-state index is 12.7. The second kappa shape index (κ2) is 7.86. The summed E-state index contributed by atoms with van der Waals surface area (Å²) >= 11 is 7.58. The quantitative estimate of drug-likeness (QED) is 0.431. The summed E-state index contributed by atoms with van der Waals surface area (Å²) in [7, 11) is -3.85. The van der Waals surface area contributed by atoms with E-state index >= 15 is 0 Å². The van der Waals surface area contributed by atoms with Crippen LogP contribution in [0.4, 0.5) is 22.3 Å². The topological polar surface area (TPSA) is 91.0 Å². The zero-order valence-corrected chi connectivity index (χ0v) is 17.6. The minimum absolute atomic E-state index is 0.0214. The highest BCUT2D eigenvalue weighted by Gasteiger charge is 2.22. The predicted molar refractivity (Wildman–Crippen MR) is 116 cm³/mol. The molecule has 2 aromatic carbocycles. The summed E-state index contributed by atoms with van der Waals surface area (Å²) in [6.07, 6.45) is 3.17. The molecule has 0 radical (unpaired) electrons. The van der Waals surface area contributed by atoms with E-state index in [9.17, 15) is 8.42 Å². The standard InChI is InChI=1S/C19H16ClN5O2S2/c1-13-3-2-4-14(11-13)25(18-7-8-22-23-18)15-5-6-17(16(20)12-15)29(26,27)24-19-21-9-10-28-19/h2-12H,1H3,(H,21,24)(H,22,23). The van der Waals surface area contributed by atoms with Crippen LogP contribution in [0.5, 0.6) is 0 Å². The third-order valence-corrected chi connectivity index (χ3v) is 6.74. The van der Waals surface area contributed by atoms with Gasteiger partial charge in [0.2, 0.25) is 0 Å². The number of halogens is 1. The van der Waals surface area contributed by atoms with Gasteiger partial charge in [0, 0.05) is 29.0 Å². The molecule has 2 aromatic heterocycles. The Bertz CT molecular complexity index is 1230. The minimum Gasteiger partial charge on any atom is -0.295 e. The minimum atomic E-state index is -3.85. The first-order chi connectivity index (χ1) is 13.9. The monoisotopic (exact) mass is 445 g/mol. The Morgan fingerprint density at radius 3 is 2.59 bits per heavy atom. The second-order valence-electron chi connectivity index (χ2n) is 6.17. The molecule has 0 saturated carbocycles. The molecule has 4 rings (SSSR count). The number of nitrogens with zero attached hydrogens (tertiary/aromatic N) is 3. The number of aromatic nitrogens is 3. The lowest BCUT2D eigenvalue weighted by atomic mass is 10.2. The van der Waals surface area contributed by atoms with Gasteiger partial charge < -0.3 is 0 Å². The number of sulfonamides is 1. The fourth-order valence-electron chi connectivity index (χ4n) is 2.86. The molecule has 0 atom stereocenters. The number of H-pyrrole nitrogens is 1.